The lowest BCUT2D eigenvalue weighted by Crippen LogP contribution is -2.76. The minimum atomic E-state index is -0.0959. The van der Waals surface area contributed by atoms with Gasteiger partial charge in [-0.25, -0.2) is 10.6 Å². The van der Waals surface area contributed by atoms with Crippen molar-refractivity contribution in [3.8, 4) is 0 Å². The van der Waals surface area contributed by atoms with Gasteiger partial charge in [-0.1, -0.05) is 12.8 Å². The predicted octanol–water partition coefficient (Wildman–Crippen LogP) is 0.480. The predicted molar refractivity (Wildman–Crippen MR) is 67.6 cm³/mol. The van der Waals surface area contributed by atoms with Crippen LogP contribution in [-0.2, 0) is 4.74 Å². The maximum Gasteiger partial charge on any atom is 0.201 e. The second kappa shape index (κ2) is 6.11. The SMILES string of the molecule is COC1NC[N+]2(CCCCCCCC2)C(N)N1. The molecule has 2 atom stereocenters. The van der Waals surface area contributed by atoms with E-state index in [-0.39, 0.29) is 12.6 Å². The lowest BCUT2D eigenvalue weighted by atomic mass is 10.1. The van der Waals surface area contributed by atoms with Gasteiger partial charge < -0.3 is 4.74 Å². The molecular formula is C12H27N4O+. The first-order chi connectivity index (χ1) is 8.27. The topological polar surface area (TPSA) is 59.3 Å². The van der Waals surface area contributed by atoms with E-state index in [4.69, 9.17) is 10.5 Å². The van der Waals surface area contributed by atoms with Crippen LogP contribution >= 0.6 is 0 Å². The monoisotopic (exact) mass is 243 g/mol. The Morgan fingerprint density at radius 2 is 1.65 bits per heavy atom. The number of hydrogen-bond donors (Lipinski definition) is 3. The average Bonchev–Trinajstić information content (AvgIpc) is 2.46. The number of quaternary nitrogens is 1. The van der Waals surface area contributed by atoms with Gasteiger partial charge >= 0.3 is 0 Å². The first-order valence-electron chi connectivity index (χ1n) is 6.90. The molecule has 2 saturated heterocycles. The van der Waals surface area contributed by atoms with E-state index >= 15 is 0 Å². The molecule has 0 aromatic carbocycles. The minimum absolute atomic E-state index is 0.000648. The molecule has 1 spiro atoms. The van der Waals surface area contributed by atoms with E-state index in [9.17, 15) is 0 Å². The van der Waals surface area contributed by atoms with Crippen LogP contribution in [-0.4, -0.2) is 44.0 Å². The molecule has 2 unspecified atom stereocenters. The molecular weight excluding hydrogens is 216 g/mol. The highest BCUT2D eigenvalue weighted by atomic mass is 16.5. The van der Waals surface area contributed by atoms with Gasteiger partial charge in [0, 0.05) is 7.11 Å². The van der Waals surface area contributed by atoms with Crippen LogP contribution in [0.15, 0.2) is 0 Å². The number of nitrogens with two attached hydrogens (primary N) is 1. The highest BCUT2D eigenvalue weighted by molar-refractivity contribution is 4.64. The van der Waals surface area contributed by atoms with Gasteiger partial charge in [0.15, 0.2) is 6.35 Å². The molecule has 5 nitrogen and oxygen atoms in total. The molecule has 0 saturated carbocycles. The Labute approximate surface area is 104 Å². The van der Waals surface area contributed by atoms with Crippen LogP contribution in [0.25, 0.3) is 0 Å². The molecule has 0 radical (unpaired) electrons. The van der Waals surface area contributed by atoms with Gasteiger partial charge in [-0.05, 0) is 25.7 Å². The van der Waals surface area contributed by atoms with Crippen LogP contribution in [0.5, 0.6) is 0 Å². The molecule has 5 heteroatoms. The van der Waals surface area contributed by atoms with Crippen molar-refractivity contribution in [3.63, 3.8) is 0 Å². The number of nitrogens with one attached hydrogen (secondary N) is 2. The summed E-state index contributed by atoms with van der Waals surface area (Å²) in [4.78, 5) is 0. The van der Waals surface area contributed by atoms with Crippen molar-refractivity contribution in [2.75, 3.05) is 26.9 Å². The first kappa shape index (κ1) is 13.2. The van der Waals surface area contributed by atoms with E-state index in [1.807, 2.05) is 0 Å². The number of hydrogen-bond acceptors (Lipinski definition) is 4. The highest BCUT2D eigenvalue weighted by Crippen LogP contribution is 2.20. The van der Waals surface area contributed by atoms with Crippen molar-refractivity contribution in [2.45, 2.75) is 51.2 Å². The smallest absolute Gasteiger partial charge is 0.201 e. The van der Waals surface area contributed by atoms with Gasteiger partial charge in [-0.3, -0.25) is 10.2 Å². The zero-order chi connectivity index (χ0) is 12.1. The zero-order valence-electron chi connectivity index (χ0n) is 11.0. The van der Waals surface area contributed by atoms with Crippen molar-refractivity contribution < 1.29 is 9.22 Å². The third kappa shape index (κ3) is 3.17. The fraction of sp³-hybridized carbons (Fsp3) is 1.00. The molecule has 4 N–H and O–H groups in total. The Bertz CT molecular complexity index is 227. The van der Waals surface area contributed by atoms with Crippen molar-refractivity contribution in [1.82, 2.24) is 10.6 Å². The summed E-state index contributed by atoms with van der Waals surface area (Å²) in [5.41, 5.74) is 6.32. The summed E-state index contributed by atoms with van der Waals surface area (Å²) in [6, 6.07) is 0. The van der Waals surface area contributed by atoms with Crippen LogP contribution in [0.4, 0.5) is 0 Å². The molecule has 17 heavy (non-hydrogen) atoms. The largest absolute Gasteiger partial charge is 0.353 e. The Morgan fingerprint density at radius 3 is 2.18 bits per heavy atom. The summed E-state index contributed by atoms with van der Waals surface area (Å²) in [6.45, 7) is 3.28. The standard InChI is InChI=1S/C12H27N4O/c1-17-12-14-10-16(11(13)15-12)8-6-4-2-3-5-7-9-16/h11-12,14-15H,2-10,13H2,1H3/q+1. The van der Waals surface area contributed by atoms with Crippen molar-refractivity contribution in [3.05, 3.63) is 0 Å². The van der Waals surface area contributed by atoms with Crippen molar-refractivity contribution in [1.29, 1.82) is 0 Å². The van der Waals surface area contributed by atoms with Crippen LogP contribution in [0.1, 0.15) is 38.5 Å². The molecule has 0 aliphatic carbocycles. The van der Waals surface area contributed by atoms with Crippen LogP contribution in [0.3, 0.4) is 0 Å². The van der Waals surface area contributed by atoms with Gasteiger partial charge in [-0.2, -0.15) is 0 Å². The molecule has 100 valence electrons. The van der Waals surface area contributed by atoms with E-state index in [0.717, 1.165) is 11.2 Å². The Balaban J connectivity index is 1.99. The van der Waals surface area contributed by atoms with Crippen molar-refractivity contribution >= 4 is 0 Å². The van der Waals surface area contributed by atoms with Gasteiger partial charge in [0.1, 0.15) is 6.67 Å². The molecule has 0 bridgehead atoms. The molecule has 2 fully saturated rings. The van der Waals surface area contributed by atoms with E-state index in [2.05, 4.69) is 10.6 Å². The maximum atomic E-state index is 6.32. The third-order valence-electron chi connectivity index (χ3n) is 4.20. The summed E-state index contributed by atoms with van der Waals surface area (Å²) in [5, 5.41) is 6.70. The maximum absolute atomic E-state index is 6.32. The fourth-order valence-electron chi connectivity index (χ4n) is 3.00. The number of ether oxygens (including phenoxy) is 1. The molecule has 2 aliphatic heterocycles. The Hall–Kier alpha value is -0.200. The normalized spacial score (nSPS) is 34.9. The molecule has 0 aromatic rings. The van der Waals surface area contributed by atoms with E-state index in [1.54, 1.807) is 7.11 Å². The molecule has 2 rings (SSSR count). The summed E-state index contributed by atoms with van der Waals surface area (Å²) >= 11 is 0. The number of methoxy groups -OCH3 is 1. The van der Waals surface area contributed by atoms with Crippen LogP contribution in [0, 0.1) is 0 Å². The van der Waals surface area contributed by atoms with Gasteiger partial charge in [-0.15, -0.1) is 0 Å². The second-order valence-electron chi connectivity index (χ2n) is 5.38. The zero-order valence-corrected chi connectivity index (χ0v) is 11.0. The summed E-state index contributed by atoms with van der Waals surface area (Å²) in [7, 11) is 1.70. The lowest BCUT2D eigenvalue weighted by Gasteiger charge is -2.48. The number of nitrogens with zero attached hydrogens (tertiary/aromatic N) is 1. The van der Waals surface area contributed by atoms with Crippen molar-refractivity contribution in [2.24, 2.45) is 5.73 Å². The quantitative estimate of drug-likeness (QED) is 0.586. The molecule has 2 heterocycles. The van der Waals surface area contributed by atoms with E-state index < -0.39 is 0 Å². The van der Waals surface area contributed by atoms with Crippen LogP contribution in [0.2, 0.25) is 0 Å². The van der Waals surface area contributed by atoms with E-state index in [0.29, 0.717) is 0 Å². The minimum Gasteiger partial charge on any atom is -0.353 e. The Kier molecular flexibility index (Phi) is 4.76. The fourth-order valence-corrected chi connectivity index (χ4v) is 3.00. The van der Waals surface area contributed by atoms with Crippen LogP contribution < -0.4 is 16.4 Å². The second-order valence-corrected chi connectivity index (χ2v) is 5.38. The van der Waals surface area contributed by atoms with E-state index in [1.165, 1.54) is 51.6 Å². The summed E-state index contributed by atoms with van der Waals surface area (Å²) in [5.74, 6) is 0. The summed E-state index contributed by atoms with van der Waals surface area (Å²) < 4.78 is 6.22. The third-order valence-corrected chi connectivity index (χ3v) is 4.20. The highest BCUT2D eigenvalue weighted by Gasteiger charge is 2.39. The average molecular weight is 243 g/mol. The summed E-state index contributed by atoms with van der Waals surface area (Å²) in [6.07, 6.45) is 7.94. The van der Waals surface area contributed by atoms with Gasteiger partial charge in [0.05, 0.1) is 13.1 Å². The first-order valence-corrected chi connectivity index (χ1v) is 6.90. The molecule has 0 aromatic heterocycles. The Morgan fingerprint density at radius 1 is 1.06 bits per heavy atom. The molecule has 0 amide bonds. The van der Waals surface area contributed by atoms with Gasteiger partial charge in [0.25, 0.3) is 0 Å². The van der Waals surface area contributed by atoms with Gasteiger partial charge in [0.2, 0.25) is 6.29 Å². The molecule has 2 aliphatic rings. The number of rotatable bonds is 1. The lowest BCUT2D eigenvalue weighted by molar-refractivity contribution is -0.963.